The molecule has 9 heteroatoms. The van der Waals surface area contributed by atoms with Gasteiger partial charge in [0.15, 0.2) is 0 Å². The highest BCUT2D eigenvalue weighted by Crippen LogP contribution is 2.36. The SMILES string of the molecule is O=C(c1ccc(C(F)(F)F)cc1)N1CCCCN1c1ccc([N+](=O)[O-])c2ccccc12. The topological polar surface area (TPSA) is 66.7 Å². The number of hydrogen-bond acceptors (Lipinski definition) is 4. The van der Waals surface area contributed by atoms with Crippen molar-refractivity contribution in [1.82, 2.24) is 5.01 Å². The third-order valence-electron chi connectivity index (χ3n) is 5.33. The Kier molecular flexibility index (Phi) is 5.26. The number of nitro groups is 1. The van der Waals surface area contributed by atoms with E-state index in [1.807, 2.05) is 0 Å². The molecule has 0 radical (unpaired) electrons. The van der Waals surface area contributed by atoms with Gasteiger partial charge >= 0.3 is 6.18 Å². The van der Waals surface area contributed by atoms with Crippen LogP contribution >= 0.6 is 0 Å². The number of non-ortho nitro benzene ring substituents is 1. The zero-order valence-electron chi connectivity index (χ0n) is 16.3. The van der Waals surface area contributed by atoms with E-state index in [4.69, 9.17) is 0 Å². The number of halogens is 3. The largest absolute Gasteiger partial charge is 0.416 e. The Bertz CT molecular complexity index is 1150. The molecule has 0 aliphatic carbocycles. The minimum Gasteiger partial charge on any atom is -0.282 e. The summed E-state index contributed by atoms with van der Waals surface area (Å²) in [7, 11) is 0. The van der Waals surface area contributed by atoms with Crippen molar-refractivity contribution in [2.24, 2.45) is 0 Å². The zero-order valence-corrected chi connectivity index (χ0v) is 16.3. The van der Waals surface area contributed by atoms with Gasteiger partial charge in [0.1, 0.15) is 0 Å². The Balaban J connectivity index is 1.72. The molecule has 1 heterocycles. The van der Waals surface area contributed by atoms with Crippen molar-refractivity contribution in [3.05, 3.63) is 81.9 Å². The van der Waals surface area contributed by atoms with Gasteiger partial charge < -0.3 is 0 Å². The quantitative estimate of drug-likeness (QED) is 0.412. The number of nitro benzene ring substituents is 1. The molecule has 160 valence electrons. The maximum absolute atomic E-state index is 13.2. The van der Waals surface area contributed by atoms with Gasteiger partial charge in [-0.3, -0.25) is 19.9 Å². The van der Waals surface area contributed by atoms with Crippen LogP contribution in [0.5, 0.6) is 0 Å². The van der Waals surface area contributed by atoms with E-state index in [0.29, 0.717) is 29.5 Å². The molecule has 1 fully saturated rings. The molecule has 1 aliphatic heterocycles. The molecule has 0 bridgehead atoms. The van der Waals surface area contributed by atoms with E-state index in [9.17, 15) is 28.1 Å². The van der Waals surface area contributed by atoms with Crippen LogP contribution < -0.4 is 5.01 Å². The maximum Gasteiger partial charge on any atom is 0.416 e. The first-order valence-corrected chi connectivity index (χ1v) is 9.70. The van der Waals surface area contributed by atoms with Crippen LogP contribution in [0.2, 0.25) is 0 Å². The average molecular weight is 429 g/mol. The van der Waals surface area contributed by atoms with E-state index in [0.717, 1.165) is 25.0 Å². The first-order chi connectivity index (χ1) is 14.8. The number of anilines is 1. The molecule has 6 nitrogen and oxygen atoms in total. The molecule has 31 heavy (non-hydrogen) atoms. The Morgan fingerprint density at radius 1 is 0.903 bits per heavy atom. The summed E-state index contributed by atoms with van der Waals surface area (Å²) >= 11 is 0. The van der Waals surface area contributed by atoms with E-state index in [1.54, 1.807) is 35.3 Å². The highest BCUT2D eigenvalue weighted by atomic mass is 19.4. The van der Waals surface area contributed by atoms with Crippen molar-refractivity contribution in [3.8, 4) is 0 Å². The fourth-order valence-corrected chi connectivity index (χ4v) is 3.83. The standard InChI is InChI=1S/C22H18F3N3O3/c23-22(24,25)16-9-7-15(8-10-16)21(29)27-14-4-3-13-26(27)19-11-12-20(28(30)31)18-6-2-1-5-17(18)19/h1-2,5-12H,3-4,13-14H2. The van der Waals surface area contributed by atoms with Crippen molar-refractivity contribution in [2.75, 3.05) is 18.1 Å². The Morgan fingerprint density at radius 2 is 1.55 bits per heavy atom. The number of benzene rings is 3. The lowest BCUT2D eigenvalue weighted by Gasteiger charge is -2.40. The third-order valence-corrected chi connectivity index (χ3v) is 5.33. The van der Waals surface area contributed by atoms with Crippen LogP contribution in [0.1, 0.15) is 28.8 Å². The molecular weight excluding hydrogens is 411 g/mol. The van der Waals surface area contributed by atoms with E-state index in [-0.39, 0.29) is 11.3 Å². The van der Waals surface area contributed by atoms with Crippen LogP contribution in [0.15, 0.2) is 60.7 Å². The zero-order chi connectivity index (χ0) is 22.2. The first-order valence-electron chi connectivity index (χ1n) is 9.70. The van der Waals surface area contributed by atoms with E-state index >= 15 is 0 Å². The summed E-state index contributed by atoms with van der Waals surface area (Å²) in [5.74, 6) is -0.421. The Morgan fingerprint density at radius 3 is 2.19 bits per heavy atom. The number of hydrogen-bond donors (Lipinski definition) is 0. The molecule has 3 aromatic rings. The van der Waals surface area contributed by atoms with Crippen LogP contribution in [0.3, 0.4) is 0 Å². The summed E-state index contributed by atoms with van der Waals surface area (Å²) in [5.41, 5.74) is -0.0647. The summed E-state index contributed by atoms with van der Waals surface area (Å²) in [6, 6.07) is 14.0. The van der Waals surface area contributed by atoms with Crippen LogP contribution in [-0.2, 0) is 6.18 Å². The molecule has 0 spiro atoms. The highest BCUT2D eigenvalue weighted by Gasteiger charge is 2.32. The number of alkyl halides is 3. The molecule has 0 unspecified atom stereocenters. The fraction of sp³-hybridized carbons (Fsp3) is 0.227. The lowest BCUT2D eigenvalue weighted by atomic mass is 10.1. The molecule has 1 saturated heterocycles. The van der Waals surface area contributed by atoms with Crippen LogP contribution in [0.4, 0.5) is 24.5 Å². The lowest BCUT2D eigenvalue weighted by Crippen LogP contribution is -2.50. The van der Waals surface area contributed by atoms with Gasteiger partial charge in [-0.2, -0.15) is 13.2 Å². The summed E-state index contributed by atoms with van der Waals surface area (Å²) in [5, 5.41) is 15.7. The molecule has 0 N–H and O–H groups in total. The monoisotopic (exact) mass is 429 g/mol. The second kappa shape index (κ2) is 7.90. The van der Waals surface area contributed by atoms with Gasteiger partial charge in [0.05, 0.1) is 21.6 Å². The van der Waals surface area contributed by atoms with Gasteiger partial charge in [-0.05, 0) is 49.2 Å². The summed E-state index contributed by atoms with van der Waals surface area (Å²) in [4.78, 5) is 24.1. The van der Waals surface area contributed by atoms with Gasteiger partial charge in [-0.1, -0.05) is 18.2 Å². The molecular formula is C22H18F3N3O3. The molecule has 1 aliphatic rings. The minimum absolute atomic E-state index is 0.0306. The van der Waals surface area contributed by atoms with Gasteiger partial charge in [0, 0.05) is 30.1 Å². The van der Waals surface area contributed by atoms with Crippen LogP contribution in [-0.4, -0.2) is 28.9 Å². The van der Waals surface area contributed by atoms with Crippen molar-refractivity contribution in [3.63, 3.8) is 0 Å². The molecule has 4 rings (SSSR count). The number of carbonyl (C=O) groups excluding carboxylic acids is 1. The average Bonchev–Trinajstić information content (AvgIpc) is 2.77. The third kappa shape index (κ3) is 3.90. The van der Waals surface area contributed by atoms with Gasteiger partial charge in [-0.25, -0.2) is 5.01 Å². The first kappa shape index (κ1) is 20.6. The minimum atomic E-state index is -4.48. The normalized spacial score (nSPS) is 14.7. The second-order valence-electron chi connectivity index (χ2n) is 7.24. The number of hydrazine groups is 1. The van der Waals surface area contributed by atoms with Crippen molar-refractivity contribution < 1.29 is 22.9 Å². The second-order valence-corrected chi connectivity index (χ2v) is 7.24. The number of carbonyl (C=O) groups is 1. The van der Waals surface area contributed by atoms with Gasteiger partial charge in [0.25, 0.3) is 11.6 Å². The molecule has 0 saturated carbocycles. The number of rotatable bonds is 3. The van der Waals surface area contributed by atoms with Crippen LogP contribution in [0, 0.1) is 10.1 Å². The lowest BCUT2D eigenvalue weighted by molar-refractivity contribution is -0.383. The smallest absolute Gasteiger partial charge is 0.282 e. The molecule has 1 amide bonds. The maximum atomic E-state index is 13.2. The molecule has 0 atom stereocenters. The van der Waals surface area contributed by atoms with Crippen molar-refractivity contribution in [1.29, 1.82) is 0 Å². The predicted octanol–water partition coefficient (Wildman–Crippen LogP) is 5.42. The number of fused-ring (bicyclic) bond motifs is 1. The fourth-order valence-electron chi connectivity index (χ4n) is 3.83. The van der Waals surface area contributed by atoms with E-state index in [1.165, 1.54) is 23.2 Å². The molecule has 0 aromatic heterocycles. The Hall–Kier alpha value is -3.62. The van der Waals surface area contributed by atoms with Gasteiger partial charge in [0.2, 0.25) is 0 Å². The summed E-state index contributed by atoms with van der Waals surface area (Å²) < 4.78 is 38.5. The van der Waals surface area contributed by atoms with Crippen molar-refractivity contribution >= 4 is 28.1 Å². The van der Waals surface area contributed by atoms with E-state index in [2.05, 4.69) is 0 Å². The predicted molar refractivity (Wildman–Crippen MR) is 110 cm³/mol. The van der Waals surface area contributed by atoms with Crippen LogP contribution in [0.25, 0.3) is 10.8 Å². The Labute approximate surface area is 175 Å². The van der Waals surface area contributed by atoms with E-state index < -0.39 is 22.6 Å². The van der Waals surface area contributed by atoms with Gasteiger partial charge in [-0.15, -0.1) is 0 Å². The summed E-state index contributed by atoms with van der Waals surface area (Å²) in [6.45, 7) is 0.902. The number of nitrogens with zero attached hydrogens (tertiary/aromatic N) is 3. The summed E-state index contributed by atoms with van der Waals surface area (Å²) in [6.07, 6.45) is -2.92. The van der Waals surface area contributed by atoms with Crippen molar-refractivity contribution in [2.45, 2.75) is 19.0 Å². The number of amides is 1. The highest BCUT2D eigenvalue weighted by molar-refractivity contribution is 6.01. The molecule has 3 aromatic carbocycles.